The van der Waals surface area contributed by atoms with E-state index in [9.17, 15) is 9.90 Å². The Labute approximate surface area is 109 Å². The van der Waals surface area contributed by atoms with Crippen LogP contribution in [0.3, 0.4) is 0 Å². The fourth-order valence-electron chi connectivity index (χ4n) is 1.70. The van der Waals surface area contributed by atoms with Crippen LogP contribution in [0, 0.1) is 11.8 Å². The van der Waals surface area contributed by atoms with Gasteiger partial charge in [0.2, 0.25) is 5.91 Å². The molecule has 0 aliphatic carbocycles. The second-order valence-electron chi connectivity index (χ2n) is 5.11. The second kappa shape index (κ2) is 7.17. The highest BCUT2D eigenvalue weighted by Gasteiger charge is 2.19. The van der Waals surface area contributed by atoms with E-state index in [1.54, 1.807) is 0 Å². The van der Waals surface area contributed by atoms with Crippen molar-refractivity contribution in [2.24, 2.45) is 11.8 Å². The Kier molecular flexibility index (Phi) is 5.86. The summed E-state index contributed by atoms with van der Waals surface area (Å²) in [6.45, 7) is 5.92. The molecule has 1 aromatic rings. The van der Waals surface area contributed by atoms with E-state index in [-0.39, 0.29) is 24.5 Å². The molecule has 0 saturated heterocycles. The Morgan fingerprint density at radius 3 is 2.33 bits per heavy atom. The molecule has 3 heteroatoms. The van der Waals surface area contributed by atoms with Crippen molar-refractivity contribution in [2.45, 2.75) is 33.2 Å². The number of hydrogen-bond donors (Lipinski definition) is 2. The summed E-state index contributed by atoms with van der Waals surface area (Å²) in [5.74, 6) is 0.288. The summed E-state index contributed by atoms with van der Waals surface area (Å²) in [7, 11) is 0. The molecule has 0 aromatic heterocycles. The number of nitrogens with one attached hydrogen (secondary N) is 1. The van der Waals surface area contributed by atoms with Crippen molar-refractivity contribution in [3.63, 3.8) is 0 Å². The highest BCUT2D eigenvalue weighted by molar-refractivity contribution is 5.78. The average Bonchev–Trinajstić information content (AvgIpc) is 2.37. The number of hydrogen-bond acceptors (Lipinski definition) is 2. The lowest BCUT2D eigenvalue weighted by atomic mass is 9.96. The van der Waals surface area contributed by atoms with Gasteiger partial charge >= 0.3 is 0 Å². The predicted molar refractivity (Wildman–Crippen MR) is 73.2 cm³/mol. The first kappa shape index (κ1) is 14.7. The highest BCUT2D eigenvalue weighted by atomic mass is 16.3. The molecule has 2 unspecified atom stereocenters. The van der Waals surface area contributed by atoms with Gasteiger partial charge in [0.25, 0.3) is 0 Å². The minimum atomic E-state index is -0.207. The molecule has 0 aliphatic rings. The van der Waals surface area contributed by atoms with Crippen molar-refractivity contribution in [1.82, 2.24) is 5.32 Å². The molecule has 2 N–H and O–H groups in total. The molecule has 3 nitrogen and oxygen atoms in total. The SMILES string of the molecule is CC(C)C(C)C(=O)NC(CO)Cc1ccccc1. The first-order valence-electron chi connectivity index (χ1n) is 6.49. The Morgan fingerprint density at radius 2 is 1.83 bits per heavy atom. The fourth-order valence-corrected chi connectivity index (χ4v) is 1.70. The number of carbonyl (C=O) groups is 1. The predicted octanol–water partition coefficient (Wildman–Crippen LogP) is 2.00. The molecule has 100 valence electrons. The lowest BCUT2D eigenvalue weighted by Crippen LogP contribution is -2.42. The monoisotopic (exact) mass is 249 g/mol. The Morgan fingerprint density at radius 1 is 1.22 bits per heavy atom. The van der Waals surface area contributed by atoms with Gasteiger partial charge < -0.3 is 10.4 Å². The van der Waals surface area contributed by atoms with Gasteiger partial charge in [-0.15, -0.1) is 0 Å². The molecule has 0 heterocycles. The first-order chi connectivity index (χ1) is 8.54. The molecular weight excluding hydrogens is 226 g/mol. The third-order valence-corrected chi connectivity index (χ3v) is 3.31. The lowest BCUT2D eigenvalue weighted by molar-refractivity contribution is -0.126. The van der Waals surface area contributed by atoms with Gasteiger partial charge in [-0.2, -0.15) is 0 Å². The number of rotatable bonds is 6. The van der Waals surface area contributed by atoms with E-state index in [0.717, 1.165) is 5.56 Å². The van der Waals surface area contributed by atoms with Crippen LogP contribution in [0.1, 0.15) is 26.3 Å². The Hall–Kier alpha value is -1.35. The lowest BCUT2D eigenvalue weighted by Gasteiger charge is -2.21. The van der Waals surface area contributed by atoms with Crippen molar-refractivity contribution in [3.8, 4) is 0 Å². The number of carbonyl (C=O) groups excluding carboxylic acids is 1. The van der Waals surface area contributed by atoms with Crippen molar-refractivity contribution < 1.29 is 9.90 Å². The molecule has 0 spiro atoms. The topological polar surface area (TPSA) is 49.3 Å². The quantitative estimate of drug-likeness (QED) is 0.810. The molecule has 0 fully saturated rings. The first-order valence-corrected chi connectivity index (χ1v) is 6.49. The Bertz CT molecular complexity index is 362. The van der Waals surface area contributed by atoms with Crippen molar-refractivity contribution in [2.75, 3.05) is 6.61 Å². The number of amides is 1. The molecule has 2 atom stereocenters. The molecule has 0 saturated carbocycles. The van der Waals surface area contributed by atoms with Gasteiger partial charge in [-0.3, -0.25) is 4.79 Å². The molecule has 0 aliphatic heterocycles. The van der Waals surface area contributed by atoms with Gasteiger partial charge in [0.05, 0.1) is 12.6 Å². The van der Waals surface area contributed by atoms with Crippen molar-refractivity contribution >= 4 is 5.91 Å². The number of aliphatic hydroxyl groups excluding tert-OH is 1. The van der Waals surface area contributed by atoms with Crippen LogP contribution in [0.5, 0.6) is 0 Å². The third kappa shape index (κ3) is 4.49. The Balaban J connectivity index is 2.55. The van der Waals surface area contributed by atoms with Crippen LogP contribution >= 0.6 is 0 Å². The van der Waals surface area contributed by atoms with Crippen LogP contribution in [0.15, 0.2) is 30.3 Å². The maximum atomic E-state index is 11.9. The largest absolute Gasteiger partial charge is 0.394 e. The van der Waals surface area contributed by atoms with E-state index in [1.165, 1.54) is 0 Å². The van der Waals surface area contributed by atoms with E-state index in [0.29, 0.717) is 12.3 Å². The van der Waals surface area contributed by atoms with Crippen molar-refractivity contribution in [1.29, 1.82) is 0 Å². The molecule has 0 bridgehead atoms. The van der Waals surface area contributed by atoms with E-state index in [2.05, 4.69) is 5.32 Å². The van der Waals surface area contributed by atoms with Gasteiger partial charge in [0.1, 0.15) is 0 Å². The van der Waals surface area contributed by atoms with Gasteiger partial charge in [-0.25, -0.2) is 0 Å². The van der Waals surface area contributed by atoms with E-state index in [1.807, 2.05) is 51.1 Å². The van der Waals surface area contributed by atoms with E-state index >= 15 is 0 Å². The summed E-state index contributed by atoms with van der Waals surface area (Å²) in [4.78, 5) is 11.9. The molecule has 1 amide bonds. The van der Waals surface area contributed by atoms with E-state index < -0.39 is 0 Å². The summed E-state index contributed by atoms with van der Waals surface area (Å²) >= 11 is 0. The second-order valence-corrected chi connectivity index (χ2v) is 5.11. The summed E-state index contributed by atoms with van der Waals surface area (Å²) in [5.41, 5.74) is 1.12. The van der Waals surface area contributed by atoms with Gasteiger partial charge in [-0.05, 0) is 17.9 Å². The minimum Gasteiger partial charge on any atom is -0.394 e. The zero-order chi connectivity index (χ0) is 13.5. The van der Waals surface area contributed by atoms with Gasteiger partial charge in [0.15, 0.2) is 0 Å². The van der Waals surface area contributed by atoms with Crippen molar-refractivity contribution in [3.05, 3.63) is 35.9 Å². The van der Waals surface area contributed by atoms with E-state index in [4.69, 9.17) is 0 Å². The van der Waals surface area contributed by atoms with Gasteiger partial charge in [0, 0.05) is 5.92 Å². The van der Waals surface area contributed by atoms with Crippen LogP contribution < -0.4 is 5.32 Å². The van der Waals surface area contributed by atoms with Crippen LogP contribution in [0.4, 0.5) is 0 Å². The smallest absolute Gasteiger partial charge is 0.223 e. The molecule has 18 heavy (non-hydrogen) atoms. The maximum absolute atomic E-state index is 11.9. The number of benzene rings is 1. The molecule has 1 rings (SSSR count). The van der Waals surface area contributed by atoms with Crippen LogP contribution in [0.2, 0.25) is 0 Å². The molecule has 1 aromatic carbocycles. The fraction of sp³-hybridized carbons (Fsp3) is 0.533. The average molecular weight is 249 g/mol. The summed E-state index contributed by atoms with van der Waals surface area (Å²) in [6.07, 6.45) is 0.661. The standard InChI is InChI=1S/C15H23NO2/c1-11(2)12(3)15(18)16-14(10-17)9-13-7-5-4-6-8-13/h4-8,11-12,14,17H,9-10H2,1-3H3,(H,16,18). The van der Waals surface area contributed by atoms with Crippen LogP contribution in [-0.2, 0) is 11.2 Å². The van der Waals surface area contributed by atoms with Gasteiger partial charge in [-0.1, -0.05) is 51.1 Å². The summed E-state index contributed by atoms with van der Waals surface area (Å²) < 4.78 is 0. The zero-order valence-corrected chi connectivity index (χ0v) is 11.4. The zero-order valence-electron chi connectivity index (χ0n) is 11.4. The normalized spacial score (nSPS) is 14.3. The third-order valence-electron chi connectivity index (χ3n) is 3.31. The van der Waals surface area contributed by atoms with Crippen LogP contribution in [0.25, 0.3) is 0 Å². The number of aliphatic hydroxyl groups is 1. The molecule has 0 radical (unpaired) electrons. The minimum absolute atomic E-state index is 0.0139. The maximum Gasteiger partial charge on any atom is 0.223 e. The summed E-state index contributed by atoms with van der Waals surface area (Å²) in [5, 5.41) is 12.2. The molecular formula is C15H23NO2. The van der Waals surface area contributed by atoms with Crippen LogP contribution in [-0.4, -0.2) is 23.7 Å². The summed E-state index contributed by atoms with van der Waals surface area (Å²) in [6, 6.07) is 9.67. The highest BCUT2D eigenvalue weighted by Crippen LogP contribution is 2.10.